The van der Waals surface area contributed by atoms with E-state index in [1.807, 2.05) is 0 Å². The van der Waals surface area contributed by atoms with Crippen LogP contribution in [0, 0.1) is 6.92 Å². The first-order valence-corrected chi connectivity index (χ1v) is 8.98. The summed E-state index contributed by atoms with van der Waals surface area (Å²) >= 11 is 1.28. The highest BCUT2D eigenvalue weighted by atomic mass is 32.1. The first kappa shape index (κ1) is 19.3. The molecular weight excluding hydrogens is 348 g/mol. The van der Waals surface area contributed by atoms with Crippen molar-refractivity contribution in [3.8, 4) is 0 Å². The van der Waals surface area contributed by atoms with Gasteiger partial charge in [-0.2, -0.15) is 0 Å². The van der Waals surface area contributed by atoms with E-state index in [0.29, 0.717) is 18.1 Å². The number of carbonyl (C=O) groups is 3. The molecule has 138 valence electrons. The average Bonchev–Trinajstić information content (AvgIpc) is 3.22. The summed E-state index contributed by atoms with van der Waals surface area (Å²) < 4.78 is 10.3. The predicted octanol–water partition coefficient (Wildman–Crippen LogP) is 0.794. The van der Waals surface area contributed by atoms with Crippen molar-refractivity contribution < 1.29 is 23.9 Å². The van der Waals surface area contributed by atoms with Crippen molar-refractivity contribution in [1.29, 1.82) is 0 Å². The van der Waals surface area contributed by atoms with Crippen LogP contribution in [-0.4, -0.2) is 53.8 Å². The third kappa shape index (κ3) is 7.57. The third-order valence-electron chi connectivity index (χ3n) is 3.47. The number of aromatic nitrogens is 2. The zero-order chi connectivity index (χ0) is 18.1. The number of nitrogens with one attached hydrogen (secondary N) is 2. The quantitative estimate of drug-likeness (QED) is 0.617. The molecule has 1 aliphatic heterocycles. The molecule has 0 saturated carbocycles. The fourth-order valence-electron chi connectivity index (χ4n) is 2.22. The van der Waals surface area contributed by atoms with E-state index in [2.05, 4.69) is 20.8 Å². The summed E-state index contributed by atoms with van der Waals surface area (Å²) in [7, 11) is 0. The summed E-state index contributed by atoms with van der Waals surface area (Å²) in [6, 6.07) is 0. The van der Waals surface area contributed by atoms with E-state index in [-0.39, 0.29) is 37.4 Å². The molecule has 1 atom stereocenters. The van der Waals surface area contributed by atoms with Gasteiger partial charge in [-0.1, -0.05) is 11.3 Å². The highest BCUT2D eigenvalue weighted by Gasteiger charge is 2.16. The number of hydrogen-bond acceptors (Lipinski definition) is 8. The van der Waals surface area contributed by atoms with Crippen molar-refractivity contribution in [2.75, 3.05) is 25.1 Å². The van der Waals surface area contributed by atoms with Gasteiger partial charge in [-0.15, -0.1) is 10.2 Å². The summed E-state index contributed by atoms with van der Waals surface area (Å²) in [4.78, 5) is 34.8. The van der Waals surface area contributed by atoms with Gasteiger partial charge in [-0.3, -0.25) is 14.4 Å². The molecule has 10 heteroatoms. The Morgan fingerprint density at radius 3 is 2.80 bits per heavy atom. The molecule has 0 bridgehead atoms. The van der Waals surface area contributed by atoms with Crippen LogP contribution in [0.15, 0.2) is 0 Å². The van der Waals surface area contributed by atoms with Crippen molar-refractivity contribution in [3.63, 3.8) is 0 Å². The molecule has 0 spiro atoms. The Hall–Kier alpha value is -2.07. The van der Waals surface area contributed by atoms with Gasteiger partial charge >= 0.3 is 5.97 Å². The minimum Gasteiger partial charge on any atom is -0.456 e. The molecule has 0 aliphatic carbocycles. The second-order valence-corrected chi connectivity index (χ2v) is 6.81. The lowest BCUT2D eigenvalue weighted by Gasteiger charge is -2.10. The van der Waals surface area contributed by atoms with Crippen LogP contribution in [-0.2, 0) is 23.9 Å². The molecule has 1 aliphatic rings. The molecule has 1 saturated heterocycles. The largest absolute Gasteiger partial charge is 0.456 e. The number of amides is 2. The van der Waals surface area contributed by atoms with E-state index in [1.54, 1.807) is 6.92 Å². The van der Waals surface area contributed by atoms with Crippen molar-refractivity contribution in [2.45, 2.75) is 45.1 Å². The zero-order valence-electron chi connectivity index (χ0n) is 14.1. The van der Waals surface area contributed by atoms with Crippen LogP contribution in [0.25, 0.3) is 0 Å². The molecule has 25 heavy (non-hydrogen) atoms. The molecule has 0 unspecified atom stereocenters. The monoisotopic (exact) mass is 370 g/mol. The van der Waals surface area contributed by atoms with Gasteiger partial charge in [-0.25, -0.2) is 0 Å². The Balaban J connectivity index is 1.51. The van der Waals surface area contributed by atoms with Gasteiger partial charge in [0, 0.05) is 26.0 Å². The van der Waals surface area contributed by atoms with E-state index >= 15 is 0 Å². The van der Waals surface area contributed by atoms with E-state index in [9.17, 15) is 14.4 Å². The topological polar surface area (TPSA) is 120 Å². The van der Waals surface area contributed by atoms with Crippen LogP contribution >= 0.6 is 11.3 Å². The van der Waals surface area contributed by atoms with E-state index in [0.717, 1.165) is 24.5 Å². The molecule has 2 heterocycles. The van der Waals surface area contributed by atoms with Gasteiger partial charge in [0.25, 0.3) is 5.91 Å². The average molecular weight is 370 g/mol. The minimum absolute atomic E-state index is 0.0509. The fourth-order valence-corrected chi connectivity index (χ4v) is 2.83. The Morgan fingerprint density at radius 1 is 1.28 bits per heavy atom. The second kappa shape index (κ2) is 10.0. The number of anilines is 1. The van der Waals surface area contributed by atoms with Gasteiger partial charge in [0.1, 0.15) is 5.01 Å². The Bertz CT molecular complexity index is 600. The van der Waals surface area contributed by atoms with Crippen LogP contribution < -0.4 is 10.6 Å². The van der Waals surface area contributed by atoms with E-state index in [4.69, 9.17) is 9.47 Å². The first-order chi connectivity index (χ1) is 12.0. The molecule has 2 N–H and O–H groups in total. The number of ether oxygens (including phenoxy) is 2. The maximum atomic E-state index is 11.7. The molecule has 2 rings (SSSR count). The summed E-state index contributed by atoms with van der Waals surface area (Å²) in [5, 5.41) is 14.1. The lowest BCUT2D eigenvalue weighted by molar-refractivity contribution is -0.148. The number of aryl methyl sites for hydroxylation is 1. The van der Waals surface area contributed by atoms with Crippen LogP contribution in [0.2, 0.25) is 0 Å². The molecule has 0 radical (unpaired) electrons. The van der Waals surface area contributed by atoms with E-state index in [1.165, 1.54) is 11.3 Å². The lowest BCUT2D eigenvalue weighted by atomic mass is 10.2. The standard InChI is InChI=1S/C15H22N4O5S/c1-10-18-19-15(25-10)17-12(20)5-2-6-14(22)24-9-13(21)16-8-11-4-3-7-23-11/h11H,2-9H2,1H3,(H,16,21)(H,17,19,20)/t11-/m1/s1. The number of hydrogen-bond donors (Lipinski definition) is 2. The first-order valence-electron chi connectivity index (χ1n) is 8.17. The normalized spacial score (nSPS) is 16.4. The number of rotatable bonds is 9. The maximum Gasteiger partial charge on any atom is 0.306 e. The number of carbonyl (C=O) groups excluding carboxylic acids is 3. The second-order valence-electron chi connectivity index (χ2n) is 5.63. The van der Waals surface area contributed by atoms with Gasteiger partial charge in [0.2, 0.25) is 11.0 Å². The zero-order valence-corrected chi connectivity index (χ0v) is 14.9. The molecule has 2 amide bonds. The summed E-state index contributed by atoms with van der Waals surface area (Å²) in [6.45, 7) is 2.63. The van der Waals surface area contributed by atoms with Gasteiger partial charge in [0.05, 0.1) is 6.10 Å². The fraction of sp³-hybridized carbons (Fsp3) is 0.667. The number of nitrogens with zero attached hydrogens (tertiary/aromatic N) is 2. The lowest BCUT2D eigenvalue weighted by Crippen LogP contribution is -2.34. The highest BCUT2D eigenvalue weighted by molar-refractivity contribution is 7.15. The number of esters is 1. The highest BCUT2D eigenvalue weighted by Crippen LogP contribution is 2.14. The van der Waals surface area contributed by atoms with Crippen LogP contribution in [0.4, 0.5) is 5.13 Å². The molecule has 1 aromatic rings. The van der Waals surface area contributed by atoms with Gasteiger partial charge in [0.15, 0.2) is 6.61 Å². The Labute approximate surface area is 149 Å². The van der Waals surface area contributed by atoms with Gasteiger partial charge < -0.3 is 20.1 Å². The van der Waals surface area contributed by atoms with Crippen LogP contribution in [0.3, 0.4) is 0 Å². The predicted molar refractivity (Wildman–Crippen MR) is 90.1 cm³/mol. The molecule has 0 aromatic carbocycles. The van der Waals surface area contributed by atoms with Gasteiger partial charge in [-0.05, 0) is 26.2 Å². The van der Waals surface area contributed by atoms with E-state index < -0.39 is 5.97 Å². The Morgan fingerprint density at radius 2 is 2.12 bits per heavy atom. The molecule has 1 fully saturated rings. The van der Waals surface area contributed by atoms with Crippen molar-refractivity contribution >= 4 is 34.3 Å². The van der Waals surface area contributed by atoms with Crippen LogP contribution in [0.5, 0.6) is 0 Å². The van der Waals surface area contributed by atoms with Crippen molar-refractivity contribution in [3.05, 3.63) is 5.01 Å². The minimum atomic E-state index is -0.508. The summed E-state index contributed by atoms with van der Waals surface area (Å²) in [5.41, 5.74) is 0. The third-order valence-corrected chi connectivity index (χ3v) is 4.23. The van der Waals surface area contributed by atoms with Crippen LogP contribution in [0.1, 0.15) is 37.1 Å². The molecule has 9 nitrogen and oxygen atoms in total. The van der Waals surface area contributed by atoms with Crippen molar-refractivity contribution in [1.82, 2.24) is 15.5 Å². The smallest absolute Gasteiger partial charge is 0.306 e. The molecular formula is C15H22N4O5S. The SMILES string of the molecule is Cc1nnc(NC(=O)CCCC(=O)OCC(=O)NC[C@H]2CCCO2)s1. The summed E-state index contributed by atoms with van der Waals surface area (Å²) in [6.07, 6.45) is 2.55. The maximum absolute atomic E-state index is 11.7. The van der Waals surface area contributed by atoms with Crippen molar-refractivity contribution in [2.24, 2.45) is 0 Å². The molecule has 1 aromatic heterocycles. The Kier molecular flexibility index (Phi) is 7.74. The summed E-state index contributed by atoms with van der Waals surface area (Å²) in [5.74, 6) is -1.10.